The molecule has 9 nitrogen and oxygen atoms in total. The summed E-state index contributed by atoms with van der Waals surface area (Å²) < 4.78 is 26.4. The van der Waals surface area contributed by atoms with Crippen molar-refractivity contribution in [1.82, 2.24) is 14.3 Å². The zero-order valence-electron chi connectivity index (χ0n) is 16.6. The Morgan fingerprint density at radius 3 is 2.33 bits per heavy atom. The average molecular weight is 427 g/mol. The number of aromatic nitrogens is 2. The van der Waals surface area contributed by atoms with Crippen LogP contribution >= 0.6 is 0 Å². The molecule has 0 spiro atoms. The number of nitrogens with zero attached hydrogens (tertiary/aromatic N) is 3. The third-order valence-corrected chi connectivity index (χ3v) is 6.13. The zero-order chi connectivity index (χ0) is 21.9. The summed E-state index contributed by atoms with van der Waals surface area (Å²) in [6.07, 6.45) is 1.60. The smallest absolute Gasteiger partial charge is 0.335 e. The van der Waals surface area contributed by atoms with Gasteiger partial charge in [-0.2, -0.15) is 4.98 Å². The molecule has 3 N–H and O–H groups in total. The summed E-state index contributed by atoms with van der Waals surface area (Å²) in [5, 5.41) is 15.1. The Balaban J connectivity index is 1.89. The van der Waals surface area contributed by atoms with Gasteiger partial charge in [0.1, 0.15) is 10.7 Å². The molecule has 0 bridgehead atoms. The van der Waals surface area contributed by atoms with E-state index in [9.17, 15) is 13.2 Å². The number of aryl methyl sites for hydroxylation is 1. The first-order valence-corrected chi connectivity index (χ1v) is 10.3. The molecular weight excluding hydrogens is 406 g/mol. The molecule has 0 unspecified atom stereocenters. The van der Waals surface area contributed by atoms with Crippen molar-refractivity contribution in [3.8, 4) is 0 Å². The Hall–Kier alpha value is -3.50. The van der Waals surface area contributed by atoms with E-state index < -0.39 is 16.0 Å². The minimum absolute atomic E-state index is 0.131. The van der Waals surface area contributed by atoms with E-state index in [-0.39, 0.29) is 16.4 Å². The van der Waals surface area contributed by atoms with Crippen molar-refractivity contribution >= 4 is 39.1 Å². The number of para-hydroxylation sites is 1. The Labute approximate surface area is 174 Å². The van der Waals surface area contributed by atoms with Crippen molar-refractivity contribution in [2.75, 3.05) is 24.7 Å². The van der Waals surface area contributed by atoms with Crippen LogP contribution in [0.15, 0.2) is 59.6 Å². The number of rotatable bonds is 7. The lowest BCUT2D eigenvalue weighted by Crippen LogP contribution is -2.23. The van der Waals surface area contributed by atoms with E-state index in [4.69, 9.17) is 5.11 Å². The molecule has 10 heteroatoms. The maximum atomic E-state index is 12.6. The molecule has 3 aromatic rings. The summed E-state index contributed by atoms with van der Waals surface area (Å²) in [6.45, 7) is 1.80. The van der Waals surface area contributed by atoms with Crippen molar-refractivity contribution in [3.05, 3.63) is 65.9 Å². The highest BCUT2D eigenvalue weighted by molar-refractivity contribution is 7.89. The lowest BCUT2D eigenvalue weighted by atomic mass is 10.2. The summed E-state index contributed by atoms with van der Waals surface area (Å²) in [5.41, 5.74) is 1.90. The van der Waals surface area contributed by atoms with Gasteiger partial charge in [0.05, 0.1) is 11.3 Å². The number of carboxylic acid groups (broad SMARTS) is 1. The molecule has 2 aromatic carbocycles. The van der Waals surface area contributed by atoms with E-state index in [2.05, 4.69) is 20.6 Å². The molecule has 0 atom stereocenters. The van der Waals surface area contributed by atoms with E-state index in [1.807, 2.05) is 0 Å². The third kappa shape index (κ3) is 4.56. The summed E-state index contributed by atoms with van der Waals surface area (Å²) >= 11 is 0. The third-order valence-electron chi connectivity index (χ3n) is 4.26. The van der Waals surface area contributed by atoms with Crippen molar-refractivity contribution < 1.29 is 18.3 Å². The van der Waals surface area contributed by atoms with Gasteiger partial charge in [-0.1, -0.05) is 12.1 Å². The Morgan fingerprint density at radius 1 is 1.03 bits per heavy atom. The molecular formula is C20H21N5O4S. The summed E-state index contributed by atoms with van der Waals surface area (Å²) in [7, 11) is -0.703. The normalized spacial score (nSPS) is 11.3. The van der Waals surface area contributed by atoms with Gasteiger partial charge in [0.15, 0.2) is 0 Å². The van der Waals surface area contributed by atoms with Gasteiger partial charge in [-0.15, -0.1) is 0 Å². The van der Waals surface area contributed by atoms with Gasteiger partial charge in [0.25, 0.3) is 0 Å². The molecule has 0 aliphatic heterocycles. The molecule has 0 saturated carbocycles. The number of carboxylic acids is 1. The topological polar surface area (TPSA) is 125 Å². The number of benzene rings is 2. The highest BCUT2D eigenvalue weighted by Crippen LogP contribution is 2.27. The molecule has 156 valence electrons. The van der Waals surface area contributed by atoms with Crippen LogP contribution in [-0.4, -0.2) is 47.9 Å². The summed E-state index contributed by atoms with van der Waals surface area (Å²) in [6, 6.07) is 12.7. The second-order valence-corrected chi connectivity index (χ2v) is 8.76. The molecule has 30 heavy (non-hydrogen) atoms. The fraction of sp³-hybridized carbons (Fsp3) is 0.150. The number of carbonyl (C=O) groups is 1. The van der Waals surface area contributed by atoms with Crippen LogP contribution in [-0.2, 0) is 10.0 Å². The minimum atomic E-state index is -3.65. The van der Waals surface area contributed by atoms with E-state index in [0.29, 0.717) is 17.2 Å². The Bertz CT molecular complexity index is 1180. The van der Waals surface area contributed by atoms with E-state index >= 15 is 0 Å². The molecule has 0 amide bonds. The van der Waals surface area contributed by atoms with Crippen molar-refractivity contribution in [1.29, 1.82) is 0 Å². The highest BCUT2D eigenvalue weighted by atomic mass is 32.2. The van der Waals surface area contributed by atoms with Crippen LogP contribution in [0.5, 0.6) is 0 Å². The van der Waals surface area contributed by atoms with Gasteiger partial charge < -0.3 is 15.7 Å². The summed E-state index contributed by atoms with van der Waals surface area (Å²) in [4.78, 5) is 19.8. The number of hydrogen-bond donors (Lipinski definition) is 3. The molecule has 1 heterocycles. The van der Waals surface area contributed by atoms with E-state index in [1.54, 1.807) is 43.5 Å². The van der Waals surface area contributed by atoms with Crippen LogP contribution in [0.1, 0.15) is 15.9 Å². The van der Waals surface area contributed by atoms with Crippen molar-refractivity contribution in [2.24, 2.45) is 0 Å². The standard InChI is InChI=1S/C20H21N5O4S/c1-13-12-21-20(22-15-10-8-14(9-11-15)19(26)27)24-18(13)23-16-6-4-5-7-17(16)30(28,29)25(2)3/h4-12H,1-3H3,(H,26,27)(H2,21,22,23,24). The zero-order valence-corrected chi connectivity index (χ0v) is 17.4. The SMILES string of the molecule is Cc1cnc(Nc2ccc(C(=O)O)cc2)nc1Nc1ccccc1S(=O)(=O)N(C)C. The average Bonchev–Trinajstić information content (AvgIpc) is 2.71. The minimum Gasteiger partial charge on any atom is -0.478 e. The first-order chi connectivity index (χ1) is 14.2. The van der Waals surface area contributed by atoms with E-state index in [1.165, 1.54) is 32.3 Å². The quantitative estimate of drug-likeness (QED) is 0.525. The van der Waals surface area contributed by atoms with Gasteiger partial charge >= 0.3 is 5.97 Å². The predicted octanol–water partition coefficient (Wildman–Crippen LogP) is 3.22. The summed E-state index contributed by atoms with van der Waals surface area (Å²) in [5.74, 6) is -0.291. The fourth-order valence-corrected chi connectivity index (χ4v) is 3.61. The molecule has 0 radical (unpaired) electrons. The lowest BCUT2D eigenvalue weighted by Gasteiger charge is -2.17. The maximum absolute atomic E-state index is 12.6. The second-order valence-electron chi connectivity index (χ2n) is 6.64. The van der Waals surface area contributed by atoms with Gasteiger partial charge in [0.2, 0.25) is 16.0 Å². The molecule has 0 aliphatic carbocycles. The first kappa shape index (κ1) is 21.2. The van der Waals surface area contributed by atoms with Crippen molar-refractivity contribution in [3.63, 3.8) is 0 Å². The number of sulfonamides is 1. The van der Waals surface area contributed by atoms with E-state index in [0.717, 1.165) is 9.87 Å². The number of hydrogen-bond acceptors (Lipinski definition) is 7. The Kier molecular flexibility index (Phi) is 5.99. The molecule has 3 rings (SSSR count). The number of nitrogens with one attached hydrogen (secondary N) is 2. The largest absolute Gasteiger partial charge is 0.478 e. The van der Waals surface area contributed by atoms with Gasteiger partial charge in [-0.3, -0.25) is 0 Å². The van der Waals surface area contributed by atoms with Crippen LogP contribution < -0.4 is 10.6 Å². The maximum Gasteiger partial charge on any atom is 0.335 e. The highest BCUT2D eigenvalue weighted by Gasteiger charge is 2.21. The van der Waals surface area contributed by atoms with Gasteiger partial charge in [0, 0.05) is 31.5 Å². The molecule has 0 aliphatic rings. The predicted molar refractivity (Wildman–Crippen MR) is 114 cm³/mol. The van der Waals surface area contributed by atoms with Crippen LogP contribution in [0.25, 0.3) is 0 Å². The Morgan fingerprint density at radius 2 is 1.70 bits per heavy atom. The fourth-order valence-electron chi connectivity index (χ4n) is 2.57. The monoisotopic (exact) mass is 427 g/mol. The molecule has 0 saturated heterocycles. The molecule has 0 fully saturated rings. The van der Waals surface area contributed by atoms with Crippen LogP contribution in [0, 0.1) is 6.92 Å². The van der Waals surface area contributed by atoms with Crippen LogP contribution in [0.3, 0.4) is 0 Å². The number of anilines is 4. The van der Waals surface area contributed by atoms with Gasteiger partial charge in [-0.25, -0.2) is 22.5 Å². The second kappa shape index (κ2) is 8.47. The van der Waals surface area contributed by atoms with Crippen molar-refractivity contribution in [2.45, 2.75) is 11.8 Å². The lowest BCUT2D eigenvalue weighted by molar-refractivity contribution is 0.0697. The van der Waals surface area contributed by atoms with Gasteiger partial charge in [-0.05, 0) is 43.3 Å². The van der Waals surface area contributed by atoms with Crippen LogP contribution in [0.4, 0.5) is 23.1 Å². The van der Waals surface area contributed by atoms with Crippen LogP contribution in [0.2, 0.25) is 0 Å². The first-order valence-electron chi connectivity index (χ1n) is 8.91. The number of aromatic carboxylic acids is 1. The molecule has 1 aromatic heterocycles.